The Bertz CT molecular complexity index is 827. The monoisotopic (exact) mass is 397 g/mol. The van der Waals surface area contributed by atoms with E-state index in [1.165, 1.54) is 10.5 Å². The molecule has 0 atom stereocenters. The molecule has 3 rings (SSSR count). The van der Waals surface area contributed by atoms with E-state index in [0.29, 0.717) is 18.7 Å². The standard InChI is InChI=1S/C24H32N2O3/c1-5-26(6-2)15-14-25-23(27)19-12-10-18(11-13-19)17-28-21-9-7-8-20-16-24(3,4)29-22(20)21/h7-13H,5-6,14-17H2,1-4H3,(H,25,27)/p+1. The molecule has 5 heteroatoms. The van der Waals surface area contributed by atoms with Crippen LogP contribution >= 0.6 is 0 Å². The van der Waals surface area contributed by atoms with Crippen molar-refractivity contribution in [3.05, 3.63) is 59.2 Å². The van der Waals surface area contributed by atoms with Gasteiger partial charge in [-0.3, -0.25) is 4.79 Å². The van der Waals surface area contributed by atoms with E-state index in [9.17, 15) is 4.79 Å². The molecule has 5 nitrogen and oxygen atoms in total. The van der Waals surface area contributed by atoms with E-state index in [4.69, 9.17) is 9.47 Å². The average molecular weight is 398 g/mol. The molecular weight excluding hydrogens is 364 g/mol. The van der Waals surface area contributed by atoms with Crippen molar-refractivity contribution in [1.82, 2.24) is 5.32 Å². The van der Waals surface area contributed by atoms with Crippen LogP contribution in [0.3, 0.4) is 0 Å². The van der Waals surface area contributed by atoms with Gasteiger partial charge in [0.05, 0.1) is 26.2 Å². The fourth-order valence-electron chi connectivity index (χ4n) is 3.67. The van der Waals surface area contributed by atoms with Gasteiger partial charge in [0.25, 0.3) is 5.91 Å². The Kier molecular flexibility index (Phi) is 6.80. The lowest BCUT2D eigenvalue weighted by atomic mass is 10.0. The van der Waals surface area contributed by atoms with Gasteiger partial charge in [-0.15, -0.1) is 0 Å². The van der Waals surface area contributed by atoms with Crippen molar-refractivity contribution in [2.45, 2.75) is 46.3 Å². The van der Waals surface area contributed by atoms with Crippen LogP contribution in [0.25, 0.3) is 0 Å². The highest BCUT2D eigenvalue weighted by molar-refractivity contribution is 5.94. The number of quaternary nitrogens is 1. The second-order valence-corrected chi connectivity index (χ2v) is 8.23. The van der Waals surface area contributed by atoms with Crippen LogP contribution in [0.4, 0.5) is 0 Å². The Labute approximate surface area is 174 Å². The second-order valence-electron chi connectivity index (χ2n) is 8.23. The molecule has 0 unspecified atom stereocenters. The van der Waals surface area contributed by atoms with Gasteiger partial charge < -0.3 is 19.7 Å². The van der Waals surface area contributed by atoms with Crippen molar-refractivity contribution < 1.29 is 19.2 Å². The van der Waals surface area contributed by atoms with Gasteiger partial charge >= 0.3 is 0 Å². The number of fused-ring (bicyclic) bond motifs is 1. The lowest BCUT2D eigenvalue weighted by Gasteiger charge is -2.18. The maximum absolute atomic E-state index is 12.3. The Balaban J connectivity index is 1.53. The molecule has 0 bridgehead atoms. The van der Waals surface area contributed by atoms with Crippen molar-refractivity contribution in [1.29, 1.82) is 0 Å². The van der Waals surface area contributed by atoms with E-state index >= 15 is 0 Å². The Morgan fingerprint density at radius 1 is 1.14 bits per heavy atom. The number of amides is 1. The fourth-order valence-corrected chi connectivity index (χ4v) is 3.67. The van der Waals surface area contributed by atoms with Gasteiger partial charge in [-0.05, 0) is 51.5 Å². The number of hydrogen-bond donors (Lipinski definition) is 2. The van der Waals surface area contributed by atoms with Crippen LogP contribution in [0, 0.1) is 0 Å². The van der Waals surface area contributed by atoms with Crippen molar-refractivity contribution >= 4 is 5.91 Å². The highest BCUT2D eigenvalue weighted by Gasteiger charge is 2.32. The number of hydrogen-bond acceptors (Lipinski definition) is 3. The van der Waals surface area contributed by atoms with Crippen LogP contribution < -0.4 is 19.7 Å². The van der Waals surface area contributed by atoms with E-state index in [2.05, 4.69) is 39.1 Å². The second kappa shape index (κ2) is 9.31. The summed E-state index contributed by atoms with van der Waals surface area (Å²) in [6, 6.07) is 13.6. The maximum atomic E-state index is 12.3. The number of benzene rings is 2. The number of nitrogens with one attached hydrogen (secondary N) is 2. The molecule has 2 aromatic carbocycles. The molecule has 0 aliphatic carbocycles. The third-order valence-electron chi connectivity index (χ3n) is 5.43. The molecule has 0 saturated carbocycles. The molecule has 1 heterocycles. The normalized spacial score (nSPS) is 14.4. The van der Waals surface area contributed by atoms with Crippen LogP contribution in [0.2, 0.25) is 0 Å². The summed E-state index contributed by atoms with van der Waals surface area (Å²) in [6.45, 7) is 12.7. The summed E-state index contributed by atoms with van der Waals surface area (Å²) in [5, 5.41) is 3.00. The maximum Gasteiger partial charge on any atom is 0.251 e. The van der Waals surface area contributed by atoms with Crippen LogP contribution in [0.5, 0.6) is 11.5 Å². The van der Waals surface area contributed by atoms with Gasteiger partial charge in [-0.2, -0.15) is 0 Å². The zero-order chi connectivity index (χ0) is 20.9. The van der Waals surface area contributed by atoms with E-state index in [1.807, 2.05) is 36.4 Å². The quantitative estimate of drug-likeness (QED) is 0.684. The summed E-state index contributed by atoms with van der Waals surface area (Å²) >= 11 is 0. The zero-order valence-corrected chi connectivity index (χ0v) is 18.0. The molecule has 0 aromatic heterocycles. The first-order valence-electron chi connectivity index (χ1n) is 10.6. The van der Waals surface area contributed by atoms with E-state index in [-0.39, 0.29) is 11.5 Å². The fraction of sp³-hybridized carbons (Fsp3) is 0.458. The topological polar surface area (TPSA) is 52.0 Å². The Hall–Kier alpha value is -2.53. The highest BCUT2D eigenvalue weighted by Crippen LogP contribution is 2.41. The van der Waals surface area contributed by atoms with Gasteiger partial charge in [0.1, 0.15) is 12.2 Å². The van der Waals surface area contributed by atoms with Crippen molar-refractivity contribution in [3.8, 4) is 11.5 Å². The van der Waals surface area contributed by atoms with Crippen LogP contribution in [0.15, 0.2) is 42.5 Å². The minimum Gasteiger partial charge on any atom is -0.485 e. The summed E-state index contributed by atoms with van der Waals surface area (Å²) in [7, 11) is 0. The van der Waals surface area contributed by atoms with E-state index in [1.54, 1.807) is 0 Å². The van der Waals surface area contributed by atoms with Crippen LogP contribution in [-0.4, -0.2) is 37.7 Å². The third kappa shape index (κ3) is 5.51. The lowest BCUT2D eigenvalue weighted by molar-refractivity contribution is -0.895. The number of rotatable bonds is 9. The third-order valence-corrected chi connectivity index (χ3v) is 5.43. The molecule has 1 amide bonds. The zero-order valence-electron chi connectivity index (χ0n) is 18.0. The lowest BCUT2D eigenvalue weighted by Crippen LogP contribution is -3.12. The van der Waals surface area contributed by atoms with Crippen molar-refractivity contribution in [2.24, 2.45) is 0 Å². The molecule has 0 fully saturated rings. The van der Waals surface area contributed by atoms with Crippen molar-refractivity contribution in [2.75, 3.05) is 26.2 Å². The molecule has 1 aliphatic rings. The largest absolute Gasteiger partial charge is 0.485 e. The SMILES string of the molecule is CC[NH+](CC)CCNC(=O)c1ccc(COc2cccc3c2OC(C)(C)C3)cc1. The molecule has 0 radical (unpaired) electrons. The Morgan fingerprint density at radius 3 is 2.55 bits per heavy atom. The molecule has 29 heavy (non-hydrogen) atoms. The molecular formula is C24H33N2O3+. The van der Waals surface area contributed by atoms with Gasteiger partial charge in [0.2, 0.25) is 0 Å². The highest BCUT2D eigenvalue weighted by atomic mass is 16.5. The summed E-state index contributed by atoms with van der Waals surface area (Å²) in [4.78, 5) is 13.8. The number of para-hydroxylation sites is 1. The average Bonchev–Trinajstić information content (AvgIpc) is 3.04. The summed E-state index contributed by atoms with van der Waals surface area (Å²) in [5.41, 5.74) is 2.69. The minimum atomic E-state index is -0.191. The molecule has 1 aliphatic heterocycles. The van der Waals surface area contributed by atoms with Crippen molar-refractivity contribution in [3.63, 3.8) is 0 Å². The predicted octanol–water partition coefficient (Wildman–Crippen LogP) is 2.63. The van der Waals surface area contributed by atoms with Gasteiger partial charge in [0.15, 0.2) is 11.5 Å². The minimum absolute atomic E-state index is 0.0273. The summed E-state index contributed by atoms with van der Waals surface area (Å²) in [5.74, 6) is 1.60. The van der Waals surface area contributed by atoms with E-state index < -0.39 is 0 Å². The summed E-state index contributed by atoms with van der Waals surface area (Å²) in [6.07, 6.45) is 0.888. The van der Waals surface area contributed by atoms with Crippen LogP contribution in [-0.2, 0) is 13.0 Å². The number of likely N-dealkylation sites (N-methyl/N-ethyl adjacent to an activating group) is 1. The van der Waals surface area contributed by atoms with Gasteiger partial charge in [0, 0.05) is 17.5 Å². The first-order valence-corrected chi connectivity index (χ1v) is 10.6. The van der Waals surface area contributed by atoms with Crippen LogP contribution in [0.1, 0.15) is 49.2 Å². The first-order chi connectivity index (χ1) is 13.9. The predicted molar refractivity (Wildman–Crippen MR) is 115 cm³/mol. The first kappa shape index (κ1) is 21.2. The van der Waals surface area contributed by atoms with E-state index in [0.717, 1.165) is 43.1 Å². The van der Waals surface area contributed by atoms with Gasteiger partial charge in [-0.25, -0.2) is 0 Å². The Morgan fingerprint density at radius 2 is 1.86 bits per heavy atom. The molecule has 0 spiro atoms. The number of carbonyl (C=O) groups excluding carboxylic acids is 1. The number of carbonyl (C=O) groups is 1. The van der Waals surface area contributed by atoms with Gasteiger partial charge in [-0.1, -0.05) is 24.3 Å². The summed E-state index contributed by atoms with van der Waals surface area (Å²) < 4.78 is 12.1. The molecule has 156 valence electrons. The molecule has 0 saturated heterocycles. The molecule has 2 aromatic rings. The molecule has 2 N–H and O–H groups in total. The smallest absolute Gasteiger partial charge is 0.251 e. The number of ether oxygens (including phenoxy) is 2.